The van der Waals surface area contributed by atoms with Crippen molar-refractivity contribution in [3.8, 4) is 0 Å². The molecule has 1 atom stereocenters. The number of aryl methyl sites for hydroxylation is 1. The van der Waals surface area contributed by atoms with Gasteiger partial charge in [-0.25, -0.2) is 13.1 Å². The average molecular weight is 364 g/mol. The van der Waals surface area contributed by atoms with E-state index in [1.807, 2.05) is 12.1 Å². The largest absolute Gasteiger partial charge is 0.349 e. The van der Waals surface area contributed by atoms with Crippen LogP contribution in [0, 0.1) is 0 Å². The van der Waals surface area contributed by atoms with Crippen LogP contribution in [0.1, 0.15) is 36.4 Å². The number of nitrogens with one attached hydrogen (secondary N) is 2. The Balaban J connectivity index is 1.52. The Kier molecular flexibility index (Phi) is 5.33. The van der Waals surface area contributed by atoms with E-state index in [1.54, 1.807) is 17.5 Å². The highest BCUT2D eigenvalue weighted by atomic mass is 32.2. The summed E-state index contributed by atoms with van der Waals surface area (Å²) in [5, 5.41) is 4.74. The first-order valence-corrected chi connectivity index (χ1v) is 10.3. The summed E-state index contributed by atoms with van der Waals surface area (Å²) < 4.78 is 26.7. The zero-order valence-corrected chi connectivity index (χ0v) is 14.8. The Morgan fingerprint density at radius 2 is 2.04 bits per heavy atom. The van der Waals surface area contributed by atoms with E-state index in [4.69, 9.17) is 0 Å². The summed E-state index contributed by atoms with van der Waals surface area (Å²) in [5.41, 5.74) is 2.46. The number of amides is 1. The Morgan fingerprint density at radius 3 is 2.83 bits per heavy atom. The van der Waals surface area contributed by atoms with Gasteiger partial charge in [0.1, 0.15) is 4.21 Å². The van der Waals surface area contributed by atoms with Gasteiger partial charge in [-0.15, -0.1) is 11.3 Å². The number of carbonyl (C=O) groups excluding carboxylic acids is 1. The molecule has 1 aromatic carbocycles. The lowest BCUT2D eigenvalue weighted by Crippen LogP contribution is -2.34. The van der Waals surface area contributed by atoms with Gasteiger partial charge in [-0.3, -0.25) is 4.79 Å². The third-order valence-electron chi connectivity index (χ3n) is 4.11. The van der Waals surface area contributed by atoms with E-state index in [0.29, 0.717) is 0 Å². The molecule has 128 valence electrons. The van der Waals surface area contributed by atoms with Crippen molar-refractivity contribution in [1.29, 1.82) is 0 Å². The summed E-state index contributed by atoms with van der Waals surface area (Å²) in [6, 6.07) is 11.4. The Bertz CT molecular complexity index is 801. The summed E-state index contributed by atoms with van der Waals surface area (Å²) in [5.74, 6) is -0.134. The van der Waals surface area contributed by atoms with Crippen LogP contribution in [0.15, 0.2) is 46.0 Å². The molecule has 0 unspecified atom stereocenters. The molecule has 7 heteroatoms. The lowest BCUT2D eigenvalue weighted by atomic mass is 9.88. The molecule has 5 nitrogen and oxygen atoms in total. The molecular weight excluding hydrogens is 344 g/mol. The smallest absolute Gasteiger partial charge is 0.250 e. The molecule has 0 spiro atoms. The highest BCUT2D eigenvalue weighted by Crippen LogP contribution is 2.29. The van der Waals surface area contributed by atoms with Crippen molar-refractivity contribution in [2.24, 2.45) is 0 Å². The first-order valence-electron chi connectivity index (χ1n) is 7.96. The monoisotopic (exact) mass is 364 g/mol. The van der Waals surface area contributed by atoms with E-state index in [0.717, 1.165) is 30.6 Å². The van der Waals surface area contributed by atoms with Crippen molar-refractivity contribution < 1.29 is 13.2 Å². The summed E-state index contributed by atoms with van der Waals surface area (Å²) in [6.45, 7) is 0.0977. The maximum atomic E-state index is 12.2. The average Bonchev–Trinajstić information content (AvgIpc) is 3.10. The fourth-order valence-electron chi connectivity index (χ4n) is 2.96. The zero-order chi connectivity index (χ0) is 17.0. The predicted octanol–water partition coefficient (Wildman–Crippen LogP) is 2.61. The number of hydrogen-bond acceptors (Lipinski definition) is 4. The molecule has 0 aliphatic heterocycles. The molecule has 1 aliphatic rings. The molecule has 24 heavy (non-hydrogen) atoms. The van der Waals surface area contributed by atoms with Crippen molar-refractivity contribution >= 4 is 27.3 Å². The number of rotatable bonds is 6. The van der Waals surface area contributed by atoms with Crippen LogP contribution in [0.25, 0.3) is 0 Å². The minimum Gasteiger partial charge on any atom is -0.349 e. The molecule has 2 aromatic rings. The molecule has 2 N–H and O–H groups in total. The first kappa shape index (κ1) is 17.1. The highest BCUT2D eigenvalue weighted by Gasteiger charge is 2.21. The highest BCUT2D eigenvalue weighted by molar-refractivity contribution is 7.91. The van der Waals surface area contributed by atoms with Crippen LogP contribution in [0.5, 0.6) is 0 Å². The number of thiophene rings is 1. The molecular formula is C17H20N2O3S2. The molecule has 1 amide bonds. The van der Waals surface area contributed by atoms with Gasteiger partial charge >= 0.3 is 0 Å². The van der Waals surface area contributed by atoms with E-state index < -0.39 is 10.0 Å². The van der Waals surface area contributed by atoms with Gasteiger partial charge in [-0.2, -0.15) is 0 Å². The minimum atomic E-state index is -3.51. The van der Waals surface area contributed by atoms with Gasteiger partial charge < -0.3 is 5.32 Å². The number of carbonyl (C=O) groups is 1. The number of sulfonamides is 1. The van der Waals surface area contributed by atoms with Crippen LogP contribution in [0.3, 0.4) is 0 Å². The summed E-state index contributed by atoms with van der Waals surface area (Å²) in [4.78, 5) is 12.2. The lowest BCUT2D eigenvalue weighted by molar-refractivity contribution is -0.121. The summed E-state index contributed by atoms with van der Waals surface area (Å²) in [6.07, 6.45) is 3.14. The Morgan fingerprint density at radius 1 is 1.21 bits per heavy atom. The van der Waals surface area contributed by atoms with Crippen LogP contribution >= 0.6 is 11.3 Å². The number of hydrogen-bond donors (Lipinski definition) is 2. The normalized spacial score (nSPS) is 17.2. The van der Waals surface area contributed by atoms with Gasteiger partial charge in [-0.1, -0.05) is 30.3 Å². The molecule has 1 aromatic heterocycles. The SMILES string of the molecule is O=C(CCNS(=O)(=O)c1cccs1)N[C@H]1CCCc2ccccc21. The van der Waals surface area contributed by atoms with E-state index >= 15 is 0 Å². The Hall–Kier alpha value is -1.70. The van der Waals surface area contributed by atoms with Gasteiger partial charge in [0.05, 0.1) is 6.04 Å². The van der Waals surface area contributed by atoms with Crippen LogP contribution in [-0.4, -0.2) is 20.9 Å². The predicted molar refractivity (Wildman–Crippen MR) is 94.4 cm³/mol. The zero-order valence-electron chi connectivity index (χ0n) is 13.2. The van der Waals surface area contributed by atoms with Crippen molar-refractivity contribution in [3.05, 3.63) is 52.9 Å². The first-order chi connectivity index (χ1) is 11.6. The lowest BCUT2D eigenvalue weighted by Gasteiger charge is -2.26. The topological polar surface area (TPSA) is 75.3 Å². The minimum absolute atomic E-state index is 0.0244. The molecule has 1 aliphatic carbocycles. The molecule has 0 saturated carbocycles. The van der Waals surface area contributed by atoms with E-state index in [-0.39, 0.29) is 29.1 Å². The third kappa shape index (κ3) is 4.03. The summed E-state index contributed by atoms with van der Waals surface area (Å²) >= 11 is 1.16. The standard InChI is InChI=1S/C17H20N2O3S2/c20-16(10-11-18-24(21,22)17-9-4-12-23-17)19-15-8-3-6-13-5-1-2-7-14(13)15/h1-2,4-5,7,9,12,15,18H,3,6,8,10-11H2,(H,19,20)/t15-/m0/s1. The van der Waals surface area contributed by atoms with Crippen LogP contribution < -0.4 is 10.0 Å². The second-order valence-corrected chi connectivity index (χ2v) is 8.73. The third-order valence-corrected chi connectivity index (χ3v) is 6.97. The quantitative estimate of drug-likeness (QED) is 0.827. The summed E-state index contributed by atoms with van der Waals surface area (Å²) in [7, 11) is -3.51. The van der Waals surface area contributed by atoms with Crippen molar-refractivity contribution in [2.75, 3.05) is 6.54 Å². The van der Waals surface area contributed by atoms with E-state index in [9.17, 15) is 13.2 Å². The van der Waals surface area contributed by atoms with Gasteiger partial charge in [0.2, 0.25) is 15.9 Å². The van der Waals surface area contributed by atoms with Gasteiger partial charge in [-0.05, 0) is 41.8 Å². The van der Waals surface area contributed by atoms with Gasteiger partial charge in [0.15, 0.2) is 0 Å². The maximum absolute atomic E-state index is 12.2. The number of benzene rings is 1. The Labute approximate surface area is 146 Å². The molecule has 0 fully saturated rings. The fourth-order valence-corrected chi connectivity index (χ4v) is 5.03. The second kappa shape index (κ2) is 7.46. The number of fused-ring (bicyclic) bond motifs is 1. The van der Waals surface area contributed by atoms with Gasteiger partial charge in [0.25, 0.3) is 0 Å². The second-order valence-electron chi connectivity index (χ2n) is 5.79. The van der Waals surface area contributed by atoms with E-state index in [1.165, 1.54) is 11.1 Å². The molecule has 3 rings (SSSR count). The van der Waals surface area contributed by atoms with E-state index in [2.05, 4.69) is 22.2 Å². The van der Waals surface area contributed by atoms with Crippen molar-refractivity contribution in [1.82, 2.24) is 10.0 Å². The molecule has 1 heterocycles. The molecule has 0 radical (unpaired) electrons. The van der Waals surface area contributed by atoms with Crippen LogP contribution in [0.4, 0.5) is 0 Å². The van der Waals surface area contributed by atoms with Crippen molar-refractivity contribution in [3.63, 3.8) is 0 Å². The van der Waals surface area contributed by atoms with Crippen molar-refractivity contribution in [2.45, 2.75) is 35.9 Å². The molecule has 0 bridgehead atoms. The van der Waals surface area contributed by atoms with Crippen LogP contribution in [0.2, 0.25) is 0 Å². The van der Waals surface area contributed by atoms with Crippen LogP contribution in [-0.2, 0) is 21.2 Å². The fraction of sp³-hybridized carbons (Fsp3) is 0.353. The maximum Gasteiger partial charge on any atom is 0.250 e. The van der Waals surface area contributed by atoms with Gasteiger partial charge in [0, 0.05) is 13.0 Å². The molecule has 0 saturated heterocycles.